The number of aliphatic hydroxyl groups excluding tert-OH is 2. The Morgan fingerprint density at radius 2 is 0.745 bits per heavy atom. The molecule has 14 heteroatoms. The van der Waals surface area contributed by atoms with Gasteiger partial charge in [-0.3, -0.25) is 0 Å². The van der Waals surface area contributed by atoms with Crippen LogP contribution >= 0.6 is 0 Å². The fourth-order valence-corrected chi connectivity index (χ4v) is 3.68. The van der Waals surface area contributed by atoms with E-state index in [2.05, 4.69) is 31.2 Å². The normalized spacial score (nSPS) is 12.2. The second-order valence-corrected chi connectivity index (χ2v) is 10.0. The molecule has 1 aromatic carbocycles. The van der Waals surface area contributed by atoms with Crippen LogP contribution in [0.1, 0.15) is 11.1 Å². The highest BCUT2D eigenvalue weighted by Gasteiger charge is 2.11. The van der Waals surface area contributed by atoms with Crippen LogP contribution in [-0.4, -0.2) is 175 Å². The maximum absolute atomic E-state index is 8.62. The Kier molecular flexibility index (Phi) is 33.4. The summed E-state index contributed by atoms with van der Waals surface area (Å²) in [4.78, 5) is 0. The van der Waals surface area contributed by atoms with Crippen molar-refractivity contribution in [1.29, 1.82) is 0 Å². The quantitative estimate of drug-likeness (QED) is 0.0756. The van der Waals surface area contributed by atoms with Crippen LogP contribution < -0.4 is 0 Å². The summed E-state index contributed by atoms with van der Waals surface area (Å²) in [6.45, 7) is 11.8. The molecular formula is C33H60O14. The Balaban J connectivity index is 2.01. The first-order valence-corrected chi connectivity index (χ1v) is 16.5. The van der Waals surface area contributed by atoms with E-state index >= 15 is 0 Å². The molecule has 0 aliphatic heterocycles. The van der Waals surface area contributed by atoms with Crippen LogP contribution in [0.3, 0.4) is 0 Å². The summed E-state index contributed by atoms with van der Waals surface area (Å²) in [7, 11) is 0. The van der Waals surface area contributed by atoms with Gasteiger partial charge in [0.1, 0.15) is 6.79 Å². The maximum Gasteiger partial charge on any atom is 0.147 e. The van der Waals surface area contributed by atoms with Gasteiger partial charge in [0.15, 0.2) is 0 Å². The van der Waals surface area contributed by atoms with Crippen molar-refractivity contribution >= 4 is 0 Å². The third kappa shape index (κ3) is 31.7. The number of aliphatic hydroxyl groups is 2. The number of rotatable bonds is 38. The third-order valence-electron chi connectivity index (χ3n) is 6.09. The van der Waals surface area contributed by atoms with E-state index < -0.39 is 0 Å². The minimum Gasteiger partial charge on any atom is -0.394 e. The summed E-state index contributed by atoms with van der Waals surface area (Å²) >= 11 is 0. The molecule has 14 nitrogen and oxygen atoms in total. The van der Waals surface area contributed by atoms with Gasteiger partial charge in [-0.1, -0.05) is 29.8 Å². The van der Waals surface area contributed by atoms with Crippen molar-refractivity contribution in [2.24, 2.45) is 0 Å². The van der Waals surface area contributed by atoms with Crippen LogP contribution in [0.2, 0.25) is 0 Å². The summed E-state index contributed by atoms with van der Waals surface area (Å²) in [5.74, 6) is 0. The van der Waals surface area contributed by atoms with Gasteiger partial charge in [-0.05, 0) is 12.5 Å². The lowest BCUT2D eigenvalue weighted by Crippen LogP contribution is -2.25. The summed E-state index contributed by atoms with van der Waals surface area (Å²) < 4.78 is 65.9. The van der Waals surface area contributed by atoms with Crippen molar-refractivity contribution in [2.45, 2.75) is 19.4 Å². The van der Waals surface area contributed by atoms with Crippen LogP contribution in [0.5, 0.6) is 0 Å². The van der Waals surface area contributed by atoms with Gasteiger partial charge in [0.05, 0.1) is 158 Å². The molecule has 0 aliphatic carbocycles. The largest absolute Gasteiger partial charge is 0.394 e. The first-order chi connectivity index (χ1) is 23.3. The van der Waals surface area contributed by atoms with Gasteiger partial charge in [-0.25, -0.2) is 0 Å². The van der Waals surface area contributed by atoms with Gasteiger partial charge >= 0.3 is 0 Å². The summed E-state index contributed by atoms with van der Waals surface area (Å²) in [6, 6.07) is 8.37. The maximum atomic E-state index is 8.62. The average molecular weight is 681 g/mol. The van der Waals surface area contributed by atoms with Crippen molar-refractivity contribution in [3.05, 3.63) is 35.4 Å². The van der Waals surface area contributed by atoms with E-state index in [1.54, 1.807) is 0 Å². The summed E-state index contributed by atoms with van der Waals surface area (Å²) in [6.07, 6.45) is 0.544. The van der Waals surface area contributed by atoms with E-state index in [0.29, 0.717) is 145 Å². The Labute approximate surface area is 280 Å². The van der Waals surface area contributed by atoms with Gasteiger partial charge in [-0.2, -0.15) is 0 Å². The highest BCUT2D eigenvalue weighted by molar-refractivity contribution is 5.21. The van der Waals surface area contributed by atoms with E-state index in [1.165, 1.54) is 11.1 Å². The van der Waals surface area contributed by atoms with Gasteiger partial charge in [-0.15, -0.1) is 0 Å². The predicted molar refractivity (Wildman–Crippen MR) is 173 cm³/mol. The molecule has 0 heterocycles. The molecular weight excluding hydrogens is 620 g/mol. The zero-order valence-corrected chi connectivity index (χ0v) is 28.4. The lowest BCUT2D eigenvalue weighted by atomic mass is 10.1. The lowest BCUT2D eigenvalue weighted by Gasteiger charge is -2.18. The van der Waals surface area contributed by atoms with Crippen molar-refractivity contribution in [2.75, 3.05) is 159 Å². The highest BCUT2D eigenvalue weighted by atomic mass is 16.7. The molecule has 276 valence electrons. The minimum atomic E-state index is -0.163. The molecule has 2 N–H and O–H groups in total. The smallest absolute Gasteiger partial charge is 0.147 e. The van der Waals surface area contributed by atoms with Gasteiger partial charge in [0.25, 0.3) is 0 Å². The zero-order chi connectivity index (χ0) is 33.7. The minimum absolute atomic E-state index is 0.0166. The van der Waals surface area contributed by atoms with Crippen LogP contribution in [0.25, 0.3) is 0 Å². The molecule has 1 aromatic rings. The molecule has 0 spiro atoms. The second kappa shape index (κ2) is 36.0. The Bertz CT molecular complexity index is 743. The summed E-state index contributed by atoms with van der Waals surface area (Å²) in [5.41, 5.74) is 2.38. The first kappa shape index (κ1) is 43.7. The molecule has 1 unspecified atom stereocenters. The van der Waals surface area contributed by atoms with E-state index in [4.69, 9.17) is 67.1 Å². The average Bonchev–Trinajstić information content (AvgIpc) is 3.08. The standard InChI is InChI=1S/C33H60O14/c1-31-2-4-32(5-3-31)28-33(47-30-46-27-25-44-23-21-42-17-15-39-13-11-37-9-7-35)29-45-26-24-43-22-20-41-19-18-40-16-14-38-12-10-36-8-6-34/h2-5,33-35H,6-30H2,1H3. The highest BCUT2D eigenvalue weighted by Crippen LogP contribution is 2.09. The molecule has 1 rings (SSSR count). The predicted octanol–water partition coefficient (Wildman–Crippen LogP) is 1.05. The molecule has 0 saturated heterocycles. The van der Waals surface area contributed by atoms with E-state index in [-0.39, 0.29) is 26.1 Å². The van der Waals surface area contributed by atoms with Crippen LogP contribution in [0.15, 0.2) is 24.3 Å². The fraction of sp³-hybridized carbons (Fsp3) is 0.818. The van der Waals surface area contributed by atoms with Gasteiger partial charge in [0.2, 0.25) is 0 Å². The molecule has 0 radical (unpaired) electrons. The number of aryl methyl sites for hydroxylation is 1. The number of ether oxygens (including phenoxy) is 12. The van der Waals surface area contributed by atoms with Crippen molar-refractivity contribution < 1.29 is 67.1 Å². The molecule has 1 atom stereocenters. The van der Waals surface area contributed by atoms with Gasteiger partial charge in [0, 0.05) is 6.42 Å². The molecule has 0 amide bonds. The second-order valence-electron chi connectivity index (χ2n) is 10.0. The Morgan fingerprint density at radius 3 is 1.11 bits per heavy atom. The SMILES string of the molecule is Cc1ccc(CC(COCCOCCOCCOCCOCCOCCO)OCOCCOCCOCCOCCOCCO)cc1. The molecule has 0 fully saturated rings. The van der Waals surface area contributed by atoms with Crippen LogP contribution in [0, 0.1) is 6.92 Å². The Morgan fingerprint density at radius 1 is 0.426 bits per heavy atom. The third-order valence-corrected chi connectivity index (χ3v) is 6.09. The number of hydrogen-bond acceptors (Lipinski definition) is 14. The summed E-state index contributed by atoms with van der Waals surface area (Å²) in [5, 5.41) is 17.2. The monoisotopic (exact) mass is 680 g/mol. The number of benzene rings is 1. The van der Waals surface area contributed by atoms with Gasteiger partial charge < -0.3 is 67.1 Å². The first-order valence-electron chi connectivity index (χ1n) is 16.5. The molecule has 0 saturated carbocycles. The van der Waals surface area contributed by atoms with Crippen molar-refractivity contribution in [3.63, 3.8) is 0 Å². The van der Waals surface area contributed by atoms with E-state index in [1.807, 2.05) is 0 Å². The topological polar surface area (TPSA) is 151 Å². The molecule has 0 aliphatic rings. The van der Waals surface area contributed by atoms with E-state index in [0.717, 1.165) is 0 Å². The molecule has 0 aromatic heterocycles. The lowest BCUT2D eigenvalue weighted by molar-refractivity contribution is -0.120. The van der Waals surface area contributed by atoms with Crippen LogP contribution in [0.4, 0.5) is 0 Å². The van der Waals surface area contributed by atoms with Crippen molar-refractivity contribution in [3.8, 4) is 0 Å². The molecule has 47 heavy (non-hydrogen) atoms. The van der Waals surface area contributed by atoms with Crippen molar-refractivity contribution in [1.82, 2.24) is 0 Å². The molecule has 0 bridgehead atoms. The Hall–Kier alpha value is -1.34. The number of hydrogen-bond donors (Lipinski definition) is 2. The zero-order valence-electron chi connectivity index (χ0n) is 28.4. The van der Waals surface area contributed by atoms with E-state index in [9.17, 15) is 0 Å². The van der Waals surface area contributed by atoms with Crippen LogP contribution in [-0.2, 0) is 63.3 Å². The fourth-order valence-electron chi connectivity index (χ4n) is 3.68.